The Kier molecular flexibility index (Phi) is 5.99. The summed E-state index contributed by atoms with van der Waals surface area (Å²) in [6.07, 6.45) is 0. The minimum Gasteiger partial charge on any atom is -0.493 e. The van der Waals surface area contributed by atoms with E-state index in [-0.39, 0.29) is 5.91 Å². The first kappa shape index (κ1) is 18.8. The van der Waals surface area contributed by atoms with E-state index in [2.05, 4.69) is 5.32 Å². The molecule has 0 atom stereocenters. The summed E-state index contributed by atoms with van der Waals surface area (Å²) in [5.41, 5.74) is 3.27. The SMILES string of the molecule is COc1cc(C(=O)Nc2ccccc2C)ccc1OCc1ccc(Cl)cc1. The highest BCUT2D eigenvalue weighted by molar-refractivity contribution is 6.30. The van der Waals surface area contributed by atoms with Crippen molar-refractivity contribution in [2.24, 2.45) is 0 Å². The van der Waals surface area contributed by atoms with Crippen LogP contribution in [0.2, 0.25) is 5.02 Å². The Hall–Kier alpha value is -2.98. The average Bonchev–Trinajstić information content (AvgIpc) is 2.69. The predicted octanol–water partition coefficient (Wildman–Crippen LogP) is 5.49. The molecule has 0 saturated heterocycles. The number of ether oxygens (including phenoxy) is 2. The fourth-order valence-electron chi connectivity index (χ4n) is 2.58. The van der Waals surface area contributed by atoms with E-state index in [0.29, 0.717) is 28.7 Å². The number of benzene rings is 3. The molecule has 0 aliphatic heterocycles. The van der Waals surface area contributed by atoms with Gasteiger partial charge in [0.1, 0.15) is 6.61 Å². The second kappa shape index (κ2) is 8.60. The molecule has 0 bridgehead atoms. The van der Waals surface area contributed by atoms with E-state index in [4.69, 9.17) is 21.1 Å². The number of hydrogen-bond donors (Lipinski definition) is 1. The highest BCUT2D eigenvalue weighted by Gasteiger charge is 2.12. The molecule has 5 heteroatoms. The number of amides is 1. The monoisotopic (exact) mass is 381 g/mol. The maximum Gasteiger partial charge on any atom is 0.255 e. The molecule has 0 heterocycles. The topological polar surface area (TPSA) is 47.6 Å². The van der Waals surface area contributed by atoms with Crippen LogP contribution in [0.15, 0.2) is 66.7 Å². The van der Waals surface area contributed by atoms with Gasteiger partial charge in [-0.1, -0.05) is 41.9 Å². The molecule has 3 aromatic carbocycles. The van der Waals surface area contributed by atoms with Gasteiger partial charge in [0.05, 0.1) is 7.11 Å². The number of anilines is 1. The van der Waals surface area contributed by atoms with Crippen LogP contribution in [0.5, 0.6) is 11.5 Å². The van der Waals surface area contributed by atoms with E-state index in [0.717, 1.165) is 16.8 Å². The van der Waals surface area contributed by atoms with Gasteiger partial charge in [-0.3, -0.25) is 4.79 Å². The number of aryl methyl sites for hydroxylation is 1. The largest absolute Gasteiger partial charge is 0.493 e. The Morgan fingerprint density at radius 3 is 2.44 bits per heavy atom. The molecule has 0 aliphatic carbocycles. The number of nitrogens with one attached hydrogen (secondary N) is 1. The fraction of sp³-hybridized carbons (Fsp3) is 0.136. The van der Waals surface area contributed by atoms with Crippen LogP contribution in [-0.2, 0) is 6.61 Å². The third kappa shape index (κ3) is 4.80. The van der Waals surface area contributed by atoms with Gasteiger partial charge in [0.2, 0.25) is 0 Å². The fourth-order valence-corrected chi connectivity index (χ4v) is 2.70. The zero-order chi connectivity index (χ0) is 19.2. The Bertz CT molecular complexity index is 939. The summed E-state index contributed by atoms with van der Waals surface area (Å²) < 4.78 is 11.2. The third-order valence-electron chi connectivity index (χ3n) is 4.13. The summed E-state index contributed by atoms with van der Waals surface area (Å²) >= 11 is 5.89. The molecule has 138 valence electrons. The molecule has 3 aromatic rings. The van der Waals surface area contributed by atoms with Crippen LogP contribution in [0.1, 0.15) is 21.5 Å². The number of carbonyl (C=O) groups is 1. The molecule has 0 fully saturated rings. The highest BCUT2D eigenvalue weighted by atomic mass is 35.5. The van der Waals surface area contributed by atoms with E-state index in [9.17, 15) is 4.79 Å². The molecule has 0 aliphatic rings. The second-order valence-electron chi connectivity index (χ2n) is 6.05. The number of halogens is 1. The Morgan fingerprint density at radius 1 is 1.00 bits per heavy atom. The summed E-state index contributed by atoms with van der Waals surface area (Å²) in [4.78, 5) is 12.5. The second-order valence-corrected chi connectivity index (χ2v) is 6.49. The zero-order valence-corrected chi connectivity index (χ0v) is 15.9. The number of hydrogen-bond acceptors (Lipinski definition) is 3. The lowest BCUT2D eigenvalue weighted by Crippen LogP contribution is -2.13. The van der Waals surface area contributed by atoms with Crippen LogP contribution in [0.25, 0.3) is 0 Å². The van der Waals surface area contributed by atoms with Gasteiger partial charge in [0.25, 0.3) is 5.91 Å². The van der Waals surface area contributed by atoms with Crippen molar-refractivity contribution in [2.75, 3.05) is 12.4 Å². The van der Waals surface area contributed by atoms with Gasteiger partial charge in [-0.05, 0) is 54.4 Å². The summed E-state index contributed by atoms with van der Waals surface area (Å²) in [6, 6.07) is 20.2. The normalized spacial score (nSPS) is 10.3. The first-order valence-corrected chi connectivity index (χ1v) is 8.87. The van der Waals surface area contributed by atoms with Gasteiger partial charge < -0.3 is 14.8 Å². The van der Waals surface area contributed by atoms with Crippen molar-refractivity contribution in [3.8, 4) is 11.5 Å². The maximum absolute atomic E-state index is 12.5. The van der Waals surface area contributed by atoms with Gasteiger partial charge in [-0.2, -0.15) is 0 Å². The lowest BCUT2D eigenvalue weighted by Gasteiger charge is -2.13. The Balaban J connectivity index is 1.72. The van der Waals surface area contributed by atoms with E-state index >= 15 is 0 Å². The minimum absolute atomic E-state index is 0.202. The smallest absolute Gasteiger partial charge is 0.255 e. The molecule has 3 rings (SSSR count). The molecule has 1 N–H and O–H groups in total. The van der Waals surface area contributed by atoms with Gasteiger partial charge in [-0.25, -0.2) is 0 Å². The van der Waals surface area contributed by atoms with Crippen LogP contribution in [0, 0.1) is 6.92 Å². The molecule has 0 spiro atoms. The van der Waals surface area contributed by atoms with E-state index < -0.39 is 0 Å². The van der Waals surface area contributed by atoms with Crippen molar-refractivity contribution in [3.05, 3.63) is 88.4 Å². The first-order chi connectivity index (χ1) is 13.1. The zero-order valence-electron chi connectivity index (χ0n) is 15.2. The van der Waals surface area contributed by atoms with Crippen molar-refractivity contribution >= 4 is 23.2 Å². The van der Waals surface area contributed by atoms with Crippen molar-refractivity contribution in [1.82, 2.24) is 0 Å². The molecule has 1 amide bonds. The summed E-state index contributed by atoms with van der Waals surface area (Å²) in [5, 5.41) is 3.59. The third-order valence-corrected chi connectivity index (χ3v) is 4.38. The molecule has 0 radical (unpaired) electrons. The van der Waals surface area contributed by atoms with E-state index in [1.54, 1.807) is 25.3 Å². The van der Waals surface area contributed by atoms with Crippen LogP contribution in [0.3, 0.4) is 0 Å². The average molecular weight is 382 g/mol. The van der Waals surface area contributed by atoms with Crippen molar-refractivity contribution < 1.29 is 14.3 Å². The number of methoxy groups -OCH3 is 1. The summed E-state index contributed by atoms with van der Waals surface area (Å²) in [7, 11) is 1.55. The van der Waals surface area contributed by atoms with Crippen LogP contribution in [-0.4, -0.2) is 13.0 Å². The Labute approximate surface area is 163 Å². The lowest BCUT2D eigenvalue weighted by atomic mass is 10.1. The quantitative estimate of drug-likeness (QED) is 0.614. The van der Waals surface area contributed by atoms with E-state index in [1.165, 1.54) is 0 Å². The highest BCUT2D eigenvalue weighted by Crippen LogP contribution is 2.29. The van der Waals surface area contributed by atoms with E-state index in [1.807, 2.05) is 55.5 Å². The number of para-hydroxylation sites is 1. The summed E-state index contributed by atoms with van der Waals surface area (Å²) in [6.45, 7) is 2.33. The lowest BCUT2D eigenvalue weighted by molar-refractivity contribution is 0.102. The number of carbonyl (C=O) groups excluding carboxylic acids is 1. The van der Waals surface area contributed by atoms with Gasteiger partial charge >= 0.3 is 0 Å². The van der Waals surface area contributed by atoms with Gasteiger partial charge in [-0.15, -0.1) is 0 Å². The van der Waals surface area contributed by atoms with Crippen LogP contribution >= 0.6 is 11.6 Å². The molecule has 27 heavy (non-hydrogen) atoms. The molecule has 0 unspecified atom stereocenters. The summed E-state index contributed by atoms with van der Waals surface area (Å²) in [5.74, 6) is 0.869. The molecule has 0 aromatic heterocycles. The molecular formula is C22H20ClNO3. The standard InChI is InChI=1S/C22H20ClNO3/c1-15-5-3-4-6-19(15)24-22(25)17-9-12-20(21(13-17)26-2)27-14-16-7-10-18(23)11-8-16/h3-13H,14H2,1-2H3,(H,24,25). The van der Waals surface area contributed by atoms with Crippen molar-refractivity contribution in [1.29, 1.82) is 0 Å². The molecular weight excluding hydrogens is 362 g/mol. The van der Waals surface area contributed by atoms with Crippen molar-refractivity contribution in [3.63, 3.8) is 0 Å². The van der Waals surface area contributed by atoms with Crippen molar-refractivity contribution in [2.45, 2.75) is 13.5 Å². The van der Waals surface area contributed by atoms with Gasteiger partial charge in [0, 0.05) is 16.3 Å². The van der Waals surface area contributed by atoms with Crippen LogP contribution in [0.4, 0.5) is 5.69 Å². The first-order valence-electron chi connectivity index (χ1n) is 8.49. The minimum atomic E-state index is -0.202. The van der Waals surface area contributed by atoms with Crippen LogP contribution < -0.4 is 14.8 Å². The Morgan fingerprint density at radius 2 is 1.74 bits per heavy atom. The maximum atomic E-state index is 12.5. The number of rotatable bonds is 6. The predicted molar refractivity (Wildman–Crippen MR) is 108 cm³/mol. The molecule has 4 nitrogen and oxygen atoms in total. The molecule has 0 saturated carbocycles. The van der Waals surface area contributed by atoms with Gasteiger partial charge in [0.15, 0.2) is 11.5 Å².